The largest absolute Gasteiger partial charge is 0.495 e. The molecule has 0 spiro atoms. The zero-order valence-electron chi connectivity index (χ0n) is 14.2. The summed E-state index contributed by atoms with van der Waals surface area (Å²) in [5.74, 6) is 1.61. The van der Waals surface area contributed by atoms with Crippen LogP contribution in [0.4, 0.5) is 0 Å². The first-order valence-corrected chi connectivity index (χ1v) is 8.42. The molecule has 1 aliphatic heterocycles. The van der Waals surface area contributed by atoms with Gasteiger partial charge >= 0.3 is 0 Å². The molecule has 5 nitrogen and oxygen atoms in total. The van der Waals surface area contributed by atoms with E-state index in [-0.39, 0.29) is 0 Å². The van der Waals surface area contributed by atoms with Gasteiger partial charge < -0.3 is 4.74 Å². The topological polar surface area (TPSA) is 51.1 Å². The van der Waals surface area contributed by atoms with Gasteiger partial charge in [0.05, 0.1) is 19.0 Å². The van der Waals surface area contributed by atoms with Crippen molar-refractivity contribution in [3.63, 3.8) is 0 Å². The fourth-order valence-electron chi connectivity index (χ4n) is 3.16. The van der Waals surface area contributed by atoms with Crippen LogP contribution in [0, 0.1) is 0 Å². The van der Waals surface area contributed by atoms with E-state index < -0.39 is 0 Å². The fourth-order valence-corrected chi connectivity index (χ4v) is 3.16. The Kier molecular flexibility index (Phi) is 4.39. The van der Waals surface area contributed by atoms with Crippen LogP contribution in [0.1, 0.15) is 16.8 Å². The second kappa shape index (κ2) is 6.99. The maximum absolute atomic E-state index is 5.25. The number of methoxy groups -OCH3 is 1. The molecule has 0 fully saturated rings. The second-order valence-electron chi connectivity index (χ2n) is 6.23. The molecule has 0 unspecified atom stereocenters. The summed E-state index contributed by atoms with van der Waals surface area (Å²) < 4.78 is 5.25. The molecule has 2 aromatic heterocycles. The van der Waals surface area contributed by atoms with E-state index in [1.54, 1.807) is 13.3 Å². The highest BCUT2D eigenvalue weighted by Gasteiger charge is 2.19. The van der Waals surface area contributed by atoms with Gasteiger partial charge in [0.2, 0.25) is 0 Å². The summed E-state index contributed by atoms with van der Waals surface area (Å²) in [5, 5.41) is 0. The van der Waals surface area contributed by atoms with Crippen molar-refractivity contribution in [3.05, 3.63) is 71.8 Å². The molecule has 0 saturated heterocycles. The molecule has 126 valence electrons. The minimum atomic E-state index is 0.797. The van der Waals surface area contributed by atoms with E-state index in [1.807, 2.05) is 48.8 Å². The molecular weight excluding hydrogens is 312 g/mol. The van der Waals surface area contributed by atoms with Crippen LogP contribution >= 0.6 is 0 Å². The molecule has 3 heterocycles. The third-order valence-electron chi connectivity index (χ3n) is 4.46. The minimum absolute atomic E-state index is 0.797. The number of ether oxygens (including phenoxy) is 1. The smallest absolute Gasteiger partial charge is 0.159 e. The summed E-state index contributed by atoms with van der Waals surface area (Å²) >= 11 is 0. The summed E-state index contributed by atoms with van der Waals surface area (Å²) in [7, 11) is 1.67. The van der Waals surface area contributed by atoms with Gasteiger partial charge in [-0.1, -0.05) is 30.3 Å². The van der Waals surface area contributed by atoms with E-state index in [0.717, 1.165) is 54.4 Å². The summed E-state index contributed by atoms with van der Waals surface area (Å²) in [6, 6.07) is 12.2. The van der Waals surface area contributed by atoms with Crippen molar-refractivity contribution in [2.45, 2.75) is 19.5 Å². The first-order chi connectivity index (χ1) is 12.3. The van der Waals surface area contributed by atoms with Crippen molar-refractivity contribution < 1.29 is 4.74 Å². The average Bonchev–Trinajstić information content (AvgIpc) is 2.68. The van der Waals surface area contributed by atoms with Crippen LogP contribution in [-0.2, 0) is 19.5 Å². The number of hydrogen-bond donors (Lipinski definition) is 0. The molecule has 0 N–H and O–H groups in total. The summed E-state index contributed by atoms with van der Waals surface area (Å²) in [5.41, 5.74) is 4.59. The number of benzene rings is 1. The molecule has 0 amide bonds. The normalized spacial score (nSPS) is 14.1. The summed E-state index contributed by atoms with van der Waals surface area (Å²) in [6.45, 7) is 2.70. The molecular formula is C20H20N4O. The van der Waals surface area contributed by atoms with E-state index in [1.165, 1.54) is 5.56 Å². The Labute approximate surface area is 147 Å². The van der Waals surface area contributed by atoms with Crippen molar-refractivity contribution in [2.75, 3.05) is 13.7 Å². The van der Waals surface area contributed by atoms with Crippen LogP contribution in [0.5, 0.6) is 5.75 Å². The van der Waals surface area contributed by atoms with Gasteiger partial charge in [-0.2, -0.15) is 0 Å². The van der Waals surface area contributed by atoms with Gasteiger partial charge in [0.25, 0.3) is 0 Å². The Hall–Kier alpha value is -2.79. The third-order valence-corrected chi connectivity index (χ3v) is 4.46. The van der Waals surface area contributed by atoms with E-state index >= 15 is 0 Å². The lowest BCUT2D eigenvalue weighted by atomic mass is 10.1. The molecule has 0 radical (unpaired) electrons. The first kappa shape index (κ1) is 15.7. The van der Waals surface area contributed by atoms with E-state index in [0.29, 0.717) is 0 Å². The lowest BCUT2D eigenvalue weighted by Gasteiger charge is -2.28. The Morgan fingerprint density at radius 2 is 2.00 bits per heavy atom. The molecule has 5 heteroatoms. The van der Waals surface area contributed by atoms with Crippen molar-refractivity contribution in [1.82, 2.24) is 19.9 Å². The lowest BCUT2D eigenvalue weighted by Crippen LogP contribution is -2.31. The maximum Gasteiger partial charge on any atom is 0.159 e. The molecule has 25 heavy (non-hydrogen) atoms. The van der Waals surface area contributed by atoms with Crippen LogP contribution in [0.2, 0.25) is 0 Å². The van der Waals surface area contributed by atoms with E-state index in [9.17, 15) is 0 Å². The number of nitrogens with zero attached hydrogens (tertiary/aromatic N) is 4. The predicted octanol–water partition coefficient (Wildman–Crippen LogP) is 3.11. The van der Waals surface area contributed by atoms with Crippen LogP contribution in [-0.4, -0.2) is 33.5 Å². The standard InChI is InChI=1S/C20H20N4O/c1-25-18-9-15(10-21-12-18)13-24-8-7-19-17(14-24)11-22-20(23-19)16-5-3-2-4-6-16/h2-6,9-12H,7-8,13-14H2,1H3. The van der Waals surface area contributed by atoms with Crippen LogP contribution in [0.15, 0.2) is 55.0 Å². The predicted molar refractivity (Wildman–Crippen MR) is 96.1 cm³/mol. The molecule has 0 aliphatic carbocycles. The Morgan fingerprint density at radius 1 is 1.12 bits per heavy atom. The molecule has 0 bridgehead atoms. The van der Waals surface area contributed by atoms with Gasteiger partial charge in [-0.15, -0.1) is 0 Å². The van der Waals surface area contributed by atoms with Crippen LogP contribution in [0.3, 0.4) is 0 Å². The highest BCUT2D eigenvalue weighted by atomic mass is 16.5. The summed E-state index contributed by atoms with van der Waals surface area (Å²) in [6.07, 6.45) is 6.54. The number of aromatic nitrogens is 3. The zero-order chi connectivity index (χ0) is 17.1. The van der Waals surface area contributed by atoms with Gasteiger partial charge in [0.1, 0.15) is 5.75 Å². The molecule has 0 saturated carbocycles. The van der Waals surface area contributed by atoms with Gasteiger partial charge in [-0.25, -0.2) is 9.97 Å². The number of pyridine rings is 1. The SMILES string of the molecule is COc1cncc(CN2CCc3nc(-c4ccccc4)ncc3C2)c1. The fraction of sp³-hybridized carbons (Fsp3) is 0.250. The lowest BCUT2D eigenvalue weighted by molar-refractivity contribution is 0.242. The molecule has 1 aliphatic rings. The van der Waals surface area contributed by atoms with E-state index in [4.69, 9.17) is 9.72 Å². The third kappa shape index (κ3) is 3.51. The molecule has 4 rings (SSSR count). The summed E-state index contributed by atoms with van der Waals surface area (Å²) in [4.78, 5) is 16.0. The highest BCUT2D eigenvalue weighted by molar-refractivity contribution is 5.54. The highest BCUT2D eigenvalue weighted by Crippen LogP contribution is 2.22. The monoisotopic (exact) mass is 332 g/mol. The van der Waals surface area contributed by atoms with Gasteiger partial charge in [-0.05, 0) is 11.6 Å². The maximum atomic E-state index is 5.25. The average molecular weight is 332 g/mol. The molecule has 3 aromatic rings. The minimum Gasteiger partial charge on any atom is -0.495 e. The van der Waals surface area contributed by atoms with Crippen LogP contribution in [0.25, 0.3) is 11.4 Å². The van der Waals surface area contributed by atoms with Gasteiger partial charge in [0, 0.05) is 49.6 Å². The van der Waals surface area contributed by atoms with Crippen molar-refractivity contribution in [2.24, 2.45) is 0 Å². The number of hydrogen-bond acceptors (Lipinski definition) is 5. The Balaban J connectivity index is 1.50. The van der Waals surface area contributed by atoms with Gasteiger partial charge in [-0.3, -0.25) is 9.88 Å². The molecule has 0 atom stereocenters. The van der Waals surface area contributed by atoms with Crippen molar-refractivity contribution >= 4 is 0 Å². The molecule has 1 aromatic carbocycles. The first-order valence-electron chi connectivity index (χ1n) is 8.42. The zero-order valence-corrected chi connectivity index (χ0v) is 14.2. The Bertz CT molecular complexity index is 867. The quantitative estimate of drug-likeness (QED) is 0.735. The second-order valence-corrected chi connectivity index (χ2v) is 6.23. The number of fused-ring (bicyclic) bond motifs is 1. The van der Waals surface area contributed by atoms with E-state index in [2.05, 4.69) is 14.9 Å². The van der Waals surface area contributed by atoms with Gasteiger partial charge in [0.15, 0.2) is 5.82 Å². The van der Waals surface area contributed by atoms with Crippen molar-refractivity contribution in [1.29, 1.82) is 0 Å². The Morgan fingerprint density at radius 3 is 2.84 bits per heavy atom. The number of rotatable bonds is 4. The van der Waals surface area contributed by atoms with Crippen molar-refractivity contribution in [3.8, 4) is 17.1 Å². The van der Waals surface area contributed by atoms with Crippen LogP contribution < -0.4 is 4.74 Å².